The second-order valence-corrected chi connectivity index (χ2v) is 8.01. The predicted octanol–water partition coefficient (Wildman–Crippen LogP) is 3.95. The highest BCUT2D eigenvalue weighted by Gasteiger charge is 2.49. The van der Waals surface area contributed by atoms with Crippen LogP contribution in [0.5, 0.6) is 5.75 Å². The summed E-state index contributed by atoms with van der Waals surface area (Å²) in [6, 6.07) is 2.74. The van der Waals surface area contributed by atoms with Gasteiger partial charge in [-0.25, -0.2) is 9.68 Å². The SMILES string of the molecule is CC(C)(C)c1cc2c(cc1Cl)C=C(C(=O)OC(COO)CO[N+](=O)[O-])[C@@H](C(F)(F)F)O2. The molecular weight excluding hydrogens is 451 g/mol. The number of halogens is 4. The highest BCUT2D eigenvalue weighted by atomic mass is 35.5. The van der Waals surface area contributed by atoms with Crippen LogP contribution in [0, 0.1) is 10.1 Å². The normalized spacial score (nSPS) is 17.2. The first kappa shape index (κ1) is 24.7. The van der Waals surface area contributed by atoms with E-state index in [4.69, 9.17) is 26.3 Å². The molecule has 31 heavy (non-hydrogen) atoms. The number of fused-ring (bicyclic) bond motifs is 1. The molecule has 1 aliphatic heterocycles. The number of hydrogen-bond acceptors (Lipinski definition) is 8. The molecule has 0 saturated carbocycles. The quantitative estimate of drug-likeness (QED) is 0.276. The van der Waals surface area contributed by atoms with Crippen LogP contribution in [0.1, 0.15) is 31.9 Å². The molecule has 9 nitrogen and oxygen atoms in total. The number of esters is 1. The summed E-state index contributed by atoms with van der Waals surface area (Å²) in [4.78, 5) is 30.5. The van der Waals surface area contributed by atoms with Crippen molar-refractivity contribution in [2.24, 2.45) is 0 Å². The van der Waals surface area contributed by atoms with Gasteiger partial charge in [-0.2, -0.15) is 13.2 Å². The first-order valence-electron chi connectivity index (χ1n) is 8.77. The van der Waals surface area contributed by atoms with E-state index in [0.717, 1.165) is 6.08 Å². The first-order chi connectivity index (χ1) is 14.2. The van der Waals surface area contributed by atoms with Gasteiger partial charge in [0.1, 0.15) is 19.0 Å². The molecule has 1 N–H and O–H groups in total. The maximum absolute atomic E-state index is 13.6. The van der Waals surface area contributed by atoms with Crippen LogP contribution >= 0.6 is 11.6 Å². The van der Waals surface area contributed by atoms with Gasteiger partial charge in [0.05, 0.1) is 5.57 Å². The Balaban J connectivity index is 2.42. The molecule has 0 aliphatic carbocycles. The predicted molar refractivity (Wildman–Crippen MR) is 100 cm³/mol. The van der Waals surface area contributed by atoms with Crippen LogP contribution in [-0.2, 0) is 24.7 Å². The molecule has 1 aliphatic rings. The number of rotatable bonds is 7. The average Bonchev–Trinajstić information content (AvgIpc) is 2.62. The zero-order chi connectivity index (χ0) is 23.6. The molecule has 13 heteroatoms. The fraction of sp³-hybridized carbons (Fsp3) is 0.500. The molecule has 172 valence electrons. The Bertz CT molecular complexity index is 882. The van der Waals surface area contributed by atoms with Gasteiger partial charge in [-0.15, -0.1) is 10.1 Å². The van der Waals surface area contributed by atoms with Crippen molar-refractivity contribution in [3.63, 3.8) is 0 Å². The summed E-state index contributed by atoms with van der Waals surface area (Å²) in [6.07, 6.45) is -8.28. The van der Waals surface area contributed by atoms with Crippen LogP contribution in [0.3, 0.4) is 0 Å². The molecule has 0 aromatic heterocycles. The highest BCUT2D eigenvalue weighted by Crippen LogP contribution is 2.42. The van der Waals surface area contributed by atoms with Crippen molar-refractivity contribution in [3.05, 3.63) is 44.0 Å². The van der Waals surface area contributed by atoms with E-state index in [1.807, 2.05) is 20.8 Å². The molecule has 1 heterocycles. The molecular formula is C18H19ClF3NO8. The summed E-state index contributed by atoms with van der Waals surface area (Å²) in [7, 11) is 0. The molecule has 0 fully saturated rings. The van der Waals surface area contributed by atoms with Gasteiger partial charge in [0.2, 0.25) is 6.10 Å². The number of alkyl halides is 3. The average molecular weight is 470 g/mol. The third-order valence-corrected chi connectivity index (χ3v) is 4.49. The lowest BCUT2D eigenvalue weighted by Gasteiger charge is -2.30. The molecule has 1 unspecified atom stereocenters. The molecule has 2 rings (SSSR count). The van der Waals surface area contributed by atoms with Crippen molar-refractivity contribution in [1.82, 2.24) is 0 Å². The zero-order valence-corrected chi connectivity index (χ0v) is 17.3. The lowest BCUT2D eigenvalue weighted by molar-refractivity contribution is -0.759. The Morgan fingerprint density at radius 1 is 1.32 bits per heavy atom. The van der Waals surface area contributed by atoms with Crippen molar-refractivity contribution in [2.45, 2.75) is 44.6 Å². The molecule has 1 aromatic rings. The van der Waals surface area contributed by atoms with E-state index in [2.05, 4.69) is 9.73 Å². The van der Waals surface area contributed by atoms with Crippen LogP contribution in [0.25, 0.3) is 6.08 Å². The van der Waals surface area contributed by atoms with Gasteiger partial charge in [-0.05, 0) is 29.2 Å². The van der Waals surface area contributed by atoms with Crippen LogP contribution in [0.15, 0.2) is 17.7 Å². The maximum Gasteiger partial charge on any atom is 0.430 e. The van der Waals surface area contributed by atoms with Crippen LogP contribution < -0.4 is 4.74 Å². The van der Waals surface area contributed by atoms with Crippen LogP contribution in [0.2, 0.25) is 5.02 Å². The number of carbonyl (C=O) groups is 1. The topological polar surface area (TPSA) is 117 Å². The minimum Gasteiger partial charge on any atom is -0.475 e. The van der Waals surface area contributed by atoms with Crippen molar-refractivity contribution in [3.8, 4) is 5.75 Å². The number of ether oxygens (including phenoxy) is 2. The summed E-state index contributed by atoms with van der Waals surface area (Å²) in [5, 5.41) is 17.9. The second kappa shape index (κ2) is 9.28. The Kier molecular flexibility index (Phi) is 7.40. The second-order valence-electron chi connectivity index (χ2n) is 7.60. The Morgan fingerprint density at radius 3 is 2.48 bits per heavy atom. The summed E-state index contributed by atoms with van der Waals surface area (Å²) >= 11 is 6.25. The van der Waals surface area contributed by atoms with E-state index >= 15 is 0 Å². The monoisotopic (exact) mass is 469 g/mol. The summed E-state index contributed by atoms with van der Waals surface area (Å²) < 4.78 is 50.7. The molecule has 1 aromatic carbocycles. The number of carbonyl (C=O) groups excluding carboxylic acids is 1. The van der Waals surface area contributed by atoms with Gasteiger partial charge >= 0.3 is 12.1 Å². The molecule has 0 radical (unpaired) electrons. The van der Waals surface area contributed by atoms with Gasteiger partial charge in [0.25, 0.3) is 5.09 Å². The van der Waals surface area contributed by atoms with E-state index in [1.54, 1.807) is 0 Å². The van der Waals surface area contributed by atoms with Gasteiger partial charge < -0.3 is 14.3 Å². The Hall–Kier alpha value is -2.57. The fourth-order valence-corrected chi connectivity index (χ4v) is 3.22. The smallest absolute Gasteiger partial charge is 0.430 e. The number of hydrogen-bond donors (Lipinski definition) is 1. The van der Waals surface area contributed by atoms with Crippen molar-refractivity contribution in [1.29, 1.82) is 0 Å². The summed E-state index contributed by atoms with van der Waals surface area (Å²) in [5.41, 5.74) is -0.739. The van der Waals surface area contributed by atoms with E-state index < -0.39 is 53.6 Å². The van der Waals surface area contributed by atoms with E-state index in [1.165, 1.54) is 12.1 Å². The minimum atomic E-state index is -4.98. The standard InChI is InChI=1S/C18H19ClF3NO8/c1-17(2,3)12-6-14-9(5-13(12)19)4-11(15(31-14)18(20,21)22)16(24)30-10(8-29-27)7-28-23(25)26/h4-6,10,15,27H,7-8H2,1-3H3/t10?,15-/m0/s1. The molecule has 0 amide bonds. The Morgan fingerprint density at radius 2 is 1.97 bits per heavy atom. The molecule has 0 spiro atoms. The summed E-state index contributed by atoms with van der Waals surface area (Å²) in [5.74, 6) is -1.61. The largest absolute Gasteiger partial charge is 0.475 e. The number of benzene rings is 1. The lowest BCUT2D eigenvalue weighted by atomic mass is 9.85. The summed E-state index contributed by atoms with van der Waals surface area (Å²) in [6.45, 7) is 3.81. The van der Waals surface area contributed by atoms with Crippen molar-refractivity contribution < 1.29 is 47.5 Å². The van der Waals surface area contributed by atoms with E-state index in [0.29, 0.717) is 5.56 Å². The molecule has 2 atom stereocenters. The van der Waals surface area contributed by atoms with Crippen LogP contribution in [-0.4, -0.2) is 47.9 Å². The van der Waals surface area contributed by atoms with Crippen molar-refractivity contribution in [2.75, 3.05) is 13.2 Å². The zero-order valence-electron chi connectivity index (χ0n) is 16.6. The van der Waals surface area contributed by atoms with E-state index in [-0.39, 0.29) is 16.3 Å². The first-order valence-corrected chi connectivity index (χ1v) is 9.15. The highest BCUT2D eigenvalue weighted by molar-refractivity contribution is 6.31. The van der Waals surface area contributed by atoms with E-state index in [9.17, 15) is 28.1 Å². The third-order valence-electron chi connectivity index (χ3n) is 4.18. The van der Waals surface area contributed by atoms with Gasteiger partial charge in [-0.3, -0.25) is 5.26 Å². The number of nitrogens with zero attached hydrogens (tertiary/aromatic N) is 1. The Labute approximate surface area is 179 Å². The van der Waals surface area contributed by atoms with Crippen LogP contribution in [0.4, 0.5) is 13.2 Å². The van der Waals surface area contributed by atoms with Gasteiger partial charge in [-0.1, -0.05) is 32.4 Å². The maximum atomic E-state index is 13.6. The molecule has 0 bridgehead atoms. The molecule has 0 saturated heterocycles. The lowest BCUT2D eigenvalue weighted by Crippen LogP contribution is -2.42. The fourth-order valence-electron chi connectivity index (χ4n) is 2.76. The van der Waals surface area contributed by atoms with Gasteiger partial charge in [0.15, 0.2) is 6.10 Å². The van der Waals surface area contributed by atoms with Crippen molar-refractivity contribution >= 4 is 23.6 Å². The third kappa shape index (κ3) is 6.21. The van der Waals surface area contributed by atoms with Gasteiger partial charge in [0, 0.05) is 10.6 Å². The minimum absolute atomic E-state index is 0.113.